The number of aromatic nitrogens is 2. The average Bonchev–Trinajstić information content (AvgIpc) is 2.82. The Hall–Kier alpha value is -3.15. The first-order valence-electron chi connectivity index (χ1n) is 11.6. The summed E-state index contributed by atoms with van der Waals surface area (Å²) < 4.78 is 0. The summed E-state index contributed by atoms with van der Waals surface area (Å²) in [5, 5.41) is 7.76. The van der Waals surface area contributed by atoms with E-state index in [2.05, 4.69) is 28.8 Å². The molecular weight excluding hydrogens is 398 g/mol. The highest BCUT2D eigenvalue weighted by atomic mass is 16.1. The third-order valence-electron chi connectivity index (χ3n) is 6.26. The van der Waals surface area contributed by atoms with Gasteiger partial charge < -0.3 is 15.5 Å². The summed E-state index contributed by atoms with van der Waals surface area (Å²) in [6.45, 7) is 0.775. The van der Waals surface area contributed by atoms with Gasteiger partial charge in [-0.15, -0.1) is 0 Å². The standard InChI is InChI=1S/C26H33N5O/c1-31(2)25-22-10-6-7-11-23(22)29-26(30-25)28-21-15-12-20(13-16-21)18-27-24(32)17-14-19-8-4-3-5-9-19/h3-11,20-21H,12-18H2,1-2H3,(H,27,32)(H,28,29,30)/t20-,21+. The number of anilines is 2. The van der Waals surface area contributed by atoms with Gasteiger partial charge in [0.25, 0.3) is 0 Å². The van der Waals surface area contributed by atoms with Crippen LogP contribution in [0.15, 0.2) is 54.6 Å². The number of fused-ring (bicyclic) bond motifs is 1. The van der Waals surface area contributed by atoms with Crippen molar-refractivity contribution in [1.82, 2.24) is 15.3 Å². The molecule has 1 heterocycles. The molecule has 0 atom stereocenters. The first kappa shape index (κ1) is 22.1. The van der Waals surface area contributed by atoms with E-state index < -0.39 is 0 Å². The molecule has 3 aromatic rings. The van der Waals surface area contributed by atoms with Crippen LogP contribution >= 0.6 is 0 Å². The number of benzene rings is 2. The molecule has 0 spiro atoms. The lowest BCUT2D eigenvalue weighted by Crippen LogP contribution is -2.34. The highest BCUT2D eigenvalue weighted by Crippen LogP contribution is 2.28. The third kappa shape index (κ3) is 5.75. The predicted octanol–water partition coefficient (Wildman–Crippen LogP) is 4.42. The zero-order valence-corrected chi connectivity index (χ0v) is 19.1. The van der Waals surface area contributed by atoms with Gasteiger partial charge in [-0.1, -0.05) is 42.5 Å². The van der Waals surface area contributed by atoms with Crippen molar-refractivity contribution in [2.45, 2.75) is 44.6 Å². The van der Waals surface area contributed by atoms with Crippen molar-refractivity contribution in [1.29, 1.82) is 0 Å². The van der Waals surface area contributed by atoms with E-state index in [9.17, 15) is 4.79 Å². The van der Waals surface area contributed by atoms with E-state index in [1.165, 1.54) is 5.56 Å². The maximum absolute atomic E-state index is 12.2. The van der Waals surface area contributed by atoms with Gasteiger partial charge in [0.1, 0.15) is 5.82 Å². The molecule has 2 aromatic carbocycles. The third-order valence-corrected chi connectivity index (χ3v) is 6.26. The van der Waals surface area contributed by atoms with E-state index in [1.54, 1.807) is 0 Å². The van der Waals surface area contributed by atoms with Gasteiger partial charge in [-0.3, -0.25) is 4.79 Å². The molecule has 1 aliphatic rings. The Morgan fingerprint density at radius 1 is 0.969 bits per heavy atom. The van der Waals surface area contributed by atoms with Crippen LogP contribution in [0.1, 0.15) is 37.7 Å². The van der Waals surface area contributed by atoms with E-state index in [0.29, 0.717) is 24.3 Å². The minimum absolute atomic E-state index is 0.148. The number of nitrogens with one attached hydrogen (secondary N) is 2. The number of hydrogen-bond donors (Lipinski definition) is 2. The zero-order valence-electron chi connectivity index (χ0n) is 19.1. The summed E-state index contributed by atoms with van der Waals surface area (Å²) in [5.74, 6) is 2.33. The van der Waals surface area contributed by atoms with E-state index >= 15 is 0 Å². The van der Waals surface area contributed by atoms with Crippen LogP contribution < -0.4 is 15.5 Å². The van der Waals surface area contributed by atoms with Crippen molar-refractivity contribution >= 4 is 28.6 Å². The molecule has 0 aliphatic heterocycles. The Morgan fingerprint density at radius 2 is 1.69 bits per heavy atom. The monoisotopic (exact) mass is 431 g/mol. The van der Waals surface area contributed by atoms with Crippen LogP contribution in [-0.4, -0.2) is 42.6 Å². The van der Waals surface area contributed by atoms with Crippen LogP contribution in [0.4, 0.5) is 11.8 Å². The van der Waals surface area contributed by atoms with E-state index in [-0.39, 0.29) is 5.91 Å². The molecule has 6 nitrogen and oxygen atoms in total. The number of aryl methyl sites for hydroxylation is 1. The largest absolute Gasteiger partial charge is 0.362 e. The first-order chi connectivity index (χ1) is 15.6. The zero-order chi connectivity index (χ0) is 22.3. The molecule has 1 aliphatic carbocycles. The van der Waals surface area contributed by atoms with Gasteiger partial charge in [0, 0.05) is 38.5 Å². The fourth-order valence-electron chi connectivity index (χ4n) is 4.41. The van der Waals surface area contributed by atoms with Crippen LogP contribution in [0.25, 0.3) is 10.9 Å². The maximum atomic E-state index is 12.2. The van der Waals surface area contributed by atoms with E-state index in [0.717, 1.165) is 55.4 Å². The van der Waals surface area contributed by atoms with Crippen molar-refractivity contribution < 1.29 is 4.79 Å². The van der Waals surface area contributed by atoms with Crippen molar-refractivity contribution in [3.8, 4) is 0 Å². The Labute approximate surface area is 190 Å². The van der Waals surface area contributed by atoms with Crippen molar-refractivity contribution in [3.05, 3.63) is 60.2 Å². The molecule has 0 bridgehead atoms. The fraction of sp³-hybridized carbons (Fsp3) is 0.423. The molecule has 1 fully saturated rings. The smallest absolute Gasteiger partial charge is 0.225 e. The molecule has 168 valence electrons. The van der Waals surface area contributed by atoms with E-state index in [4.69, 9.17) is 9.97 Å². The summed E-state index contributed by atoms with van der Waals surface area (Å²) in [7, 11) is 4.02. The van der Waals surface area contributed by atoms with Crippen molar-refractivity contribution in [3.63, 3.8) is 0 Å². The highest BCUT2D eigenvalue weighted by Gasteiger charge is 2.22. The Balaban J connectivity index is 1.24. The number of carbonyl (C=O) groups excluding carboxylic acids is 1. The van der Waals surface area contributed by atoms with Crippen LogP contribution in [0.2, 0.25) is 0 Å². The van der Waals surface area contributed by atoms with Gasteiger partial charge in [-0.05, 0) is 55.7 Å². The molecule has 4 rings (SSSR count). The van der Waals surface area contributed by atoms with Crippen LogP contribution in [0, 0.1) is 5.92 Å². The lowest BCUT2D eigenvalue weighted by atomic mass is 9.86. The molecule has 32 heavy (non-hydrogen) atoms. The van der Waals surface area contributed by atoms with Crippen molar-refractivity contribution in [2.24, 2.45) is 5.92 Å². The Bertz CT molecular complexity index is 1030. The van der Waals surface area contributed by atoms with Crippen LogP contribution in [0.5, 0.6) is 0 Å². The maximum Gasteiger partial charge on any atom is 0.225 e. The minimum atomic E-state index is 0.148. The van der Waals surface area contributed by atoms with E-state index in [1.807, 2.05) is 55.4 Å². The summed E-state index contributed by atoms with van der Waals surface area (Å²) in [4.78, 5) is 23.7. The number of hydrogen-bond acceptors (Lipinski definition) is 5. The lowest BCUT2D eigenvalue weighted by Gasteiger charge is -2.29. The van der Waals surface area contributed by atoms with Crippen LogP contribution in [0.3, 0.4) is 0 Å². The highest BCUT2D eigenvalue weighted by molar-refractivity contribution is 5.90. The number of carbonyl (C=O) groups is 1. The molecule has 0 radical (unpaired) electrons. The van der Waals surface area contributed by atoms with Gasteiger partial charge >= 0.3 is 0 Å². The van der Waals surface area contributed by atoms with Gasteiger partial charge in [0.2, 0.25) is 11.9 Å². The number of rotatable bonds is 8. The predicted molar refractivity (Wildman–Crippen MR) is 131 cm³/mol. The summed E-state index contributed by atoms with van der Waals surface area (Å²) in [6.07, 6.45) is 5.68. The molecule has 2 N–H and O–H groups in total. The summed E-state index contributed by atoms with van der Waals surface area (Å²) in [5.41, 5.74) is 2.17. The second-order valence-electron chi connectivity index (χ2n) is 8.93. The van der Waals surface area contributed by atoms with Crippen molar-refractivity contribution in [2.75, 3.05) is 30.9 Å². The Morgan fingerprint density at radius 3 is 2.44 bits per heavy atom. The lowest BCUT2D eigenvalue weighted by molar-refractivity contribution is -0.121. The van der Waals surface area contributed by atoms with Gasteiger partial charge in [0.05, 0.1) is 5.52 Å². The fourth-order valence-corrected chi connectivity index (χ4v) is 4.41. The minimum Gasteiger partial charge on any atom is -0.362 e. The molecule has 1 amide bonds. The van der Waals surface area contributed by atoms with Gasteiger partial charge in [-0.2, -0.15) is 4.98 Å². The molecule has 0 saturated heterocycles. The molecular formula is C26H33N5O. The number of para-hydroxylation sites is 1. The summed E-state index contributed by atoms with van der Waals surface area (Å²) >= 11 is 0. The molecule has 0 unspecified atom stereocenters. The first-order valence-corrected chi connectivity index (χ1v) is 11.6. The second kappa shape index (κ2) is 10.4. The average molecular weight is 432 g/mol. The van der Waals surface area contributed by atoms with Crippen LogP contribution in [-0.2, 0) is 11.2 Å². The number of amides is 1. The molecule has 1 saturated carbocycles. The summed E-state index contributed by atoms with van der Waals surface area (Å²) in [6, 6.07) is 18.7. The number of nitrogens with zero attached hydrogens (tertiary/aromatic N) is 3. The van der Waals surface area contributed by atoms with Gasteiger partial charge in [-0.25, -0.2) is 4.98 Å². The molecule has 1 aromatic heterocycles. The second-order valence-corrected chi connectivity index (χ2v) is 8.93. The normalized spacial score (nSPS) is 18.3. The Kier molecular flexibility index (Phi) is 7.20. The van der Waals surface area contributed by atoms with Gasteiger partial charge in [0.15, 0.2) is 0 Å². The topological polar surface area (TPSA) is 70.2 Å². The molecule has 6 heteroatoms. The SMILES string of the molecule is CN(C)c1nc(N[C@H]2CC[C@@H](CNC(=O)CCc3ccccc3)CC2)nc2ccccc12. The quantitative estimate of drug-likeness (QED) is 0.553.